The number of aromatic nitrogens is 3. The fraction of sp³-hybridized carbons (Fsp3) is 0.467. The Bertz CT molecular complexity index is 1370. The first-order valence-electron chi connectivity index (χ1n) is 13.9. The summed E-state index contributed by atoms with van der Waals surface area (Å²) in [5, 5.41) is 1.46. The molecule has 234 valence electrons. The normalized spacial score (nSPS) is 15.8. The summed E-state index contributed by atoms with van der Waals surface area (Å²) in [6, 6.07) is 3.49. The predicted molar refractivity (Wildman–Crippen MR) is 171 cm³/mol. The summed E-state index contributed by atoms with van der Waals surface area (Å²) < 4.78 is 21.6. The van der Waals surface area contributed by atoms with Crippen LogP contribution >= 0.6 is 23.2 Å². The van der Waals surface area contributed by atoms with Crippen LogP contribution in [0.25, 0.3) is 22.2 Å². The molecule has 0 saturated carbocycles. The molecule has 11 nitrogen and oxygen atoms in total. The number of hydrogen-bond donors (Lipinski definition) is 2. The van der Waals surface area contributed by atoms with E-state index in [-0.39, 0.29) is 11.5 Å². The minimum absolute atomic E-state index is 0.162. The van der Waals surface area contributed by atoms with E-state index in [4.69, 9.17) is 52.9 Å². The zero-order chi connectivity index (χ0) is 31.6. The van der Waals surface area contributed by atoms with Crippen LogP contribution in [-0.4, -0.2) is 74.1 Å². The molecular weight excluding hydrogens is 595 g/mol. The van der Waals surface area contributed by atoms with Gasteiger partial charge < -0.3 is 35.3 Å². The summed E-state index contributed by atoms with van der Waals surface area (Å²) in [4.78, 5) is 25.2. The second-order valence-corrected chi connectivity index (χ2v) is 11.0. The van der Waals surface area contributed by atoms with Crippen molar-refractivity contribution in [1.82, 2.24) is 15.0 Å². The lowest BCUT2D eigenvalue weighted by atomic mass is 9.93. The van der Waals surface area contributed by atoms with Crippen molar-refractivity contribution in [2.24, 2.45) is 5.73 Å². The number of pyridine rings is 1. The minimum Gasteiger partial charge on any atom is -0.495 e. The number of carbonyl (C=O) groups excluding carboxylic acids is 1. The van der Waals surface area contributed by atoms with Crippen molar-refractivity contribution in [3.05, 3.63) is 41.0 Å². The van der Waals surface area contributed by atoms with Gasteiger partial charge in [0.25, 0.3) is 0 Å². The van der Waals surface area contributed by atoms with Crippen LogP contribution in [0.3, 0.4) is 0 Å². The van der Waals surface area contributed by atoms with Crippen LogP contribution in [0.4, 0.5) is 11.8 Å². The van der Waals surface area contributed by atoms with Gasteiger partial charge in [0.2, 0.25) is 11.9 Å². The standard InChI is InChI=1S/C22H25Cl2N5O3.C5H10O.C3H5NO/c1-22(32-4)5-7-29(8-6-22)20-19-12(11-26-21(25)28-19)9-13(27-20)16-17(23)14(30-2)10-15(31-3)18(16)24;1-2-4-6-5-3-1;1-2-3(4)5/h9-11H,5-8H2,1-4H3,(H2,25,26,28);1-5H2;2H,1H2,(H2,4,5). The number of nitrogens with two attached hydrogens (primary N) is 2. The molecule has 0 spiro atoms. The SMILES string of the molecule is C1CCOCC1.C=CC(N)=O.COc1cc(OC)c(Cl)c(-c2cc3cnc(N)nc3c(N3CCC(C)(OC)CC3)n2)c1Cl. The summed E-state index contributed by atoms with van der Waals surface area (Å²) in [5.41, 5.74) is 12.0. The monoisotopic (exact) mass is 634 g/mol. The van der Waals surface area contributed by atoms with Crippen molar-refractivity contribution in [1.29, 1.82) is 0 Å². The van der Waals surface area contributed by atoms with Crippen LogP contribution in [0.1, 0.15) is 39.0 Å². The molecule has 2 fully saturated rings. The number of rotatable bonds is 6. The molecule has 2 aliphatic rings. The van der Waals surface area contributed by atoms with Crippen molar-refractivity contribution in [3.63, 3.8) is 0 Å². The van der Waals surface area contributed by atoms with Crippen LogP contribution in [0, 0.1) is 0 Å². The lowest BCUT2D eigenvalue weighted by Gasteiger charge is -2.39. The highest BCUT2D eigenvalue weighted by Crippen LogP contribution is 2.46. The molecule has 4 heterocycles. The number of fused-ring (bicyclic) bond motifs is 1. The smallest absolute Gasteiger partial charge is 0.240 e. The van der Waals surface area contributed by atoms with E-state index in [1.54, 1.807) is 19.4 Å². The van der Waals surface area contributed by atoms with E-state index in [2.05, 4.69) is 34.1 Å². The van der Waals surface area contributed by atoms with E-state index >= 15 is 0 Å². The number of amides is 1. The Hall–Kier alpha value is -3.38. The van der Waals surface area contributed by atoms with E-state index in [1.807, 2.05) is 6.07 Å². The lowest BCUT2D eigenvalue weighted by Crippen LogP contribution is -2.44. The van der Waals surface area contributed by atoms with Gasteiger partial charge in [0.05, 0.1) is 35.6 Å². The van der Waals surface area contributed by atoms with Crippen LogP contribution in [-0.2, 0) is 14.3 Å². The maximum absolute atomic E-state index is 9.47. The molecule has 0 radical (unpaired) electrons. The Balaban J connectivity index is 0.000000388. The summed E-state index contributed by atoms with van der Waals surface area (Å²) >= 11 is 13.3. The second-order valence-electron chi connectivity index (χ2n) is 10.2. The molecule has 4 N–H and O–H groups in total. The van der Waals surface area contributed by atoms with Crippen molar-refractivity contribution in [2.75, 3.05) is 58.3 Å². The molecule has 0 atom stereocenters. The van der Waals surface area contributed by atoms with Crippen molar-refractivity contribution in [3.8, 4) is 22.8 Å². The van der Waals surface area contributed by atoms with Crippen LogP contribution in [0.2, 0.25) is 10.0 Å². The number of anilines is 2. The molecule has 43 heavy (non-hydrogen) atoms. The van der Waals surface area contributed by atoms with Crippen molar-refractivity contribution >= 4 is 51.8 Å². The Morgan fingerprint density at radius 3 is 2.07 bits per heavy atom. The molecule has 2 aliphatic heterocycles. The molecular formula is C30H40Cl2N6O5. The van der Waals surface area contributed by atoms with Crippen LogP contribution in [0.5, 0.6) is 11.5 Å². The Morgan fingerprint density at radius 2 is 1.63 bits per heavy atom. The summed E-state index contributed by atoms with van der Waals surface area (Å²) in [7, 11) is 4.82. The molecule has 0 bridgehead atoms. The van der Waals surface area contributed by atoms with Gasteiger partial charge in [0.15, 0.2) is 5.82 Å². The highest BCUT2D eigenvalue weighted by atomic mass is 35.5. The third-order valence-corrected chi connectivity index (χ3v) is 8.04. The van der Waals surface area contributed by atoms with Gasteiger partial charge in [0.1, 0.15) is 17.0 Å². The average Bonchev–Trinajstić information content (AvgIpc) is 3.03. The second kappa shape index (κ2) is 15.9. The third-order valence-electron chi connectivity index (χ3n) is 7.29. The Kier molecular flexibility index (Phi) is 12.6. The van der Waals surface area contributed by atoms with Crippen LogP contribution < -0.4 is 25.8 Å². The molecule has 2 aromatic heterocycles. The molecule has 13 heteroatoms. The number of halogens is 2. The van der Waals surface area contributed by atoms with Gasteiger partial charge in [-0.3, -0.25) is 4.79 Å². The third kappa shape index (κ3) is 8.82. The van der Waals surface area contributed by atoms with Crippen molar-refractivity contribution < 1.29 is 23.7 Å². The molecule has 1 amide bonds. The number of methoxy groups -OCH3 is 3. The van der Waals surface area contributed by atoms with Gasteiger partial charge in [-0.1, -0.05) is 29.8 Å². The molecule has 3 aromatic rings. The number of carbonyl (C=O) groups is 1. The first-order valence-corrected chi connectivity index (χ1v) is 14.7. The molecule has 0 aliphatic carbocycles. The highest BCUT2D eigenvalue weighted by molar-refractivity contribution is 6.41. The van der Waals surface area contributed by atoms with E-state index in [9.17, 15) is 4.79 Å². The fourth-order valence-electron chi connectivity index (χ4n) is 4.58. The summed E-state index contributed by atoms with van der Waals surface area (Å²) in [6.45, 7) is 8.71. The number of benzene rings is 1. The number of hydrogen-bond acceptors (Lipinski definition) is 10. The largest absolute Gasteiger partial charge is 0.495 e. The molecule has 5 rings (SSSR count). The van der Waals surface area contributed by atoms with Gasteiger partial charge >= 0.3 is 0 Å². The van der Waals surface area contributed by atoms with E-state index in [0.717, 1.165) is 50.6 Å². The number of ether oxygens (including phenoxy) is 4. The number of primary amides is 1. The van der Waals surface area contributed by atoms with E-state index in [0.29, 0.717) is 44.1 Å². The fourth-order valence-corrected chi connectivity index (χ4v) is 5.27. The van der Waals surface area contributed by atoms with E-state index < -0.39 is 5.91 Å². The Morgan fingerprint density at radius 1 is 1.05 bits per heavy atom. The van der Waals surface area contributed by atoms with Gasteiger partial charge in [-0.25, -0.2) is 15.0 Å². The van der Waals surface area contributed by atoms with Gasteiger partial charge in [-0.15, -0.1) is 0 Å². The topological polar surface area (TPSA) is 148 Å². The molecule has 0 unspecified atom stereocenters. The summed E-state index contributed by atoms with van der Waals surface area (Å²) in [6.07, 6.45) is 8.37. The number of piperidine rings is 1. The average molecular weight is 636 g/mol. The van der Waals surface area contributed by atoms with Crippen LogP contribution in [0.15, 0.2) is 31.0 Å². The lowest BCUT2D eigenvalue weighted by molar-refractivity contribution is -0.113. The Labute approximate surface area is 262 Å². The zero-order valence-electron chi connectivity index (χ0n) is 25.1. The number of nitrogens with zero attached hydrogens (tertiary/aromatic N) is 4. The first kappa shape index (κ1) is 34.1. The quantitative estimate of drug-likeness (QED) is 0.335. The van der Waals surface area contributed by atoms with E-state index in [1.165, 1.54) is 33.5 Å². The number of nitrogen functional groups attached to an aromatic ring is 1. The summed E-state index contributed by atoms with van der Waals surface area (Å²) in [5.74, 6) is 1.28. The highest BCUT2D eigenvalue weighted by Gasteiger charge is 2.32. The zero-order valence-corrected chi connectivity index (χ0v) is 26.6. The maximum atomic E-state index is 9.47. The maximum Gasteiger partial charge on any atom is 0.240 e. The minimum atomic E-state index is -0.481. The van der Waals surface area contributed by atoms with Gasteiger partial charge in [0, 0.05) is 56.6 Å². The molecule has 1 aromatic carbocycles. The predicted octanol–water partition coefficient (Wildman–Crippen LogP) is 5.45. The van der Waals surface area contributed by atoms with Crippen molar-refractivity contribution in [2.45, 2.75) is 44.6 Å². The van der Waals surface area contributed by atoms with Gasteiger partial charge in [-0.05, 0) is 51.2 Å². The molecule has 2 saturated heterocycles. The van der Waals surface area contributed by atoms with Gasteiger partial charge in [-0.2, -0.15) is 0 Å². The first-order chi connectivity index (χ1) is 20.6.